The molecule has 4 aliphatic heterocycles. The molecule has 246 valence electrons. The van der Waals surface area contributed by atoms with Gasteiger partial charge in [-0.3, -0.25) is 0 Å². The first-order chi connectivity index (χ1) is 26.1. The monoisotopic (exact) mass is 699 g/mol. The summed E-state index contributed by atoms with van der Waals surface area (Å²) in [7, 11) is -3.63. The van der Waals surface area contributed by atoms with Crippen LogP contribution in [0.15, 0.2) is 162 Å². The van der Waals surface area contributed by atoms with Crippen molar-refractivity contribution in [1.29, 1.82) is 0 Å². The Balaban J connectivity index is 1.16. The Morgan fingerprint density at radius 3 is 2.15 bits per heavy atom. The second-order valence-corrected chi connectivity index (χ2v) is 16.5. The lowest BCUT2D eigenvalue weighted by Gasteiger charge is -2.33. The molecule has 0 amide bonds. The minimum Gasteiger partial charge on any atom is -0.307 e. The number of aromatic nitrogens is 5. The van der Waals surface area contributed by atoms with E-state index in [9.17, 15) is 8.42 Å². The summed E-state index contributed by atoms with van der Waals surface area (Å²) in [5.74, 6) is 0. The summed E-state index contributed by atoms with van der Waals surface area (Å²) in [4.78, 5) is 0.741. The van der Waals surface area contributed by atoms with Gasteiger partial charge in [0.1, 0.15) is 22.3 Å². The predicted octanol–water partition coefficient (Wildman–Crippen LogP) is 7.96. The van der Waals surface area contributed by atoms with Gasteiger partial charge < -0.3 is 4.57 Å². The molecule has 0 saturated heterocycles. The average Bonchev–Trinajstić information content (AvgIpc) is 3.98. The number of benzene rings is 6. The van der Waals surface area contributed by atoms with Crippen molar-refractivity contribution in [3.63, 3.8) is 0 Å². The topological polar surface area (TPSA) is 56.7 Å². The van der Waals surface area contributed by atoms with Crippen molar-refractivity contribution in [3.05, 3.63) is 163 Å². The molecule has 0 bridgehead atoms. The molecular weight excluding hydrogens is 675 g/mol. The molecule has 4 aromatic heterocycles. The van der Waals surface area contributed by atoms with Crippen LogP contribution in [0.2, 0.25) is 0 Å². The quantitative estimate of drug-likeness (QED) is 0.163. The Labute approximate surface area is 301 Å². The van der Waals surface area contributed by atoms with Crippen molar-refractivity contribution in [3.8, 4) is 39.3 Å². The van der Waals surface area contributed by atoms with Crippen molar-refractivity contribution in [1.82, 2.24) is 13.8 Å². The molecule has 1 unspecified atom stereocenters. The van der Waals surface area contributed by atoms with Crippen LogP contribution >= 0.6 is 0 Å². The highest BCUT2D eigenvalue weighted by atomic mass is 32.2. The van der Waals surface area contributed by atoms with Crippen molar-refractivity contribution in [2.45, 2.75) is 15.5 Å². The standard InChI is InChI=1S/C45H25N5O2S/c51-53(52)39-17-6-3-11-30(39)31-19-18-26(23-40(31)53)27-24-47-36-15-7-16-37-41(36)45(48(47)25-27)42-38(21-20-32-28-9-1-4-13-34(28)49(37)43(32)42)50-35-14-5-2-10-29(35)33-12-8-22-46(45)44(33)50/h1-25H/q+2. The van der Waals surface area contributed by atoms with Crippen LogP contribution in [0.5, 0.6) is 0 Å². The number of rotatable bonds is 1. The lowest BCUT2D eigenvalue weighted by Crippen LogP contribution is -2.76. The Morgan fingerprint density at radius 2 is 1.26 bits per heavy atom. The summed E-state index contributed by atoms with van der Waals surface area (Å²) in [6.45, 7) is 0. The van der Waals surface area contributed by atoms with E-state index in [0.717, 1.165) is 45.0 Å². The molecule has 14 rings (SSSR count). The predicted molar refractivity (Wildman–Crippen MR) is 203 cm³/mol. The lowest BCUT2D eigenvalue weighted by molar-refractivity contribution is -0.987. The average molecular weight is 700 g/mol. The summed E-state index contributed by atoms with van der Waals surface area (Å²) in [5.41, 5.74) is 13.1. The third kappa shape index (κ3) is 2.72. The molecular formula is C45H25N5O2S+2. The van der Waals surface area contributed by atoms with Crippen LogP contribution in [-0.2, 0) is 15.5 Å². The third-order valence-corrected chi connectivity index (χ3v) is 14.2. The Bertz CT molecular complexity index is 3550. The highest BCUT2D eigenvalue weighted by Gasteiger charge is 2.68. The summed E-state index contributed by atoms with van der Waals surface area (Å²) in [6, 6.07) is 46.4. The molecule has 53 heavy (non-hydrogen) atoms. The highest BCUT2D eigenvalue weighted by molar-refractivity contribution is 7.92. The molecule has 6 aromatic carbocycles. The van der Waals surface area contributed by atoms with E-state index in [2.05, 4.69) is 139 Å². The van der Waals surface area contributed by atoms with E-state index in [0.29, 0.717) is 9.79 Å². The number of hydrogen-bond acceptors (Lipinski definition) is 2. The fraction of sp³-hybridized carbons (Fsp3) is 0.0222. The number of para-hydroxylation sites is 2. The number of sulfone groups is 1. The molecule has 0 aliphatic carbocycles. The third-order valence-electron chi connectivity index (χ3n) is 12.4. The lowest BCUT2D eigenvalue weighted by atomic mass is 9.83. The molecule has 0 fully saturated rings. The van der Waals surface area contributed by atoms with E-state index in [1.54, 1.807) is 12.1 Å². The van der Waals surface area contributed by atoms with E-state index in [1.165, 1.54) is 49.2 Å². The van der Waals surface area contributed by atoms with Gasteiger partial charge in [-0.1, -0.05) is 71.4 Å². The summed E-state index contributed by atoms with van der Waals surface area (Å²) >= 11 is 0. The first-order valence-electron chi connectivity index (χ1n) is 17.9. The fourth-order valence-corrected chi connectivity index (χ4v) is 12.2. The second kappa shape index (κ2) is 8.47. The largest absolute Gasteiger partial charge is 0.394 e. The van der Waals surface area contributed by atoms with E-state index in [1.807, 2.05) is 24.3 Å². The number of hydrogen-bond donors (Lipinski definition) is 0. The number of nitrogens with zero attached hydrogens (tertiary/aromatic N) is 5. The maximum Gasteiger partial charge on any atom is 0.394 e. The van der Waals surface area contributed by atoms with Gasteiger partial charge in [-0.05, 0) is 72.3 Å². The van der Waals surface area contributed by atoms with Gasteiger partial charge in [-0.25, -0.2) is 8.42 Å². The normalized spacial score (nSPS) is 17.4. The molecule has 1 atom stereocenters. The van der Waals surface area contributed by atoms with Crippen molar-refractivity contribution < 1.29 is 17.7 Å². The first-order valence-corrected chi connectivity index (χ1v) is 19.3. The number of fused-ring (bicyclic) bond motifs is 13. The summed E-state index contributed by atoms with van der Waals surface area (Å²) < 4.78 is 39.8. The van der Waals surface area contributed by atoms with Crippen LogP contribution in [0.1, 0.15) is 11.1 Å². The molecule has 8 heterocycles. The zero-order valence-corrected chi connectivity index (χ0v) is 28.7. The van der Waals surface area contributed by atoms with Gasteiger partial charge in [-0.15, -0.1) is 4.68 Å². The second-order valence-electron chi connectivity index (χ2n) is 14.6. The van der Waals surface area contributed by atoms with Crippen molar-refractivity contribution in [2.75, 3.05) is 0 Å². The molecule has 8 heteroatoms. The molecule has 0 saturated carbocycles. The summed E-state index contributed by atoms with van der Waals surface area (Å²) in [6.07, 6.45) is 6.65. The molecule has 7 nitrogen and oxygen atoms in total. The maximum absolute atomic E-state index is 13.8. The van der Waals surface area contributed by atoms with E-state index < -0.39 is 15.5 Å². The zero-order chi connectivity index (χ0) is 34.5. The van der Waals surface area contributed by atoms with Gasteiger partial charge in [0.15, 0.2) is 5.69 Å². The van der Waals surface area contributed by atoms with E-state index >= 15 is 0 Å². The molecule has 0 N–H and O–H groups in total. The SMILES string of the molecule is O=S1(=O)c2ccccc2-c2ccc(-c3cn4[n+](c3)C35c6c(cccc6-4)-n4c6ccccc6c6ccc(c3c64)-n3c4ccccc4c4ccc[n+]5c43)cc21. The highest BCUT2D eigenvalue weighted by Crippen LogP contribution is 2.54. The van der Waals surface area contributed by atoms with Crippen LogP contribution in [0.25, 0.3) is 83.1 Å². The Morgan fingerprint density at radius 1 is 0.547 bits per heavy atom. The Hall–Kier alpha value is -6.77. The van der Waals surface area contributed by atoms with Gasteiger partial charge in [0.25, 0.3) is 0 Å². The van der Waals surface area contributed by atoms with Crippen LogP contribution < -0.4 is 9.25 Å². The van der Waals surface area contributed by atoms with Gasteiger partial charge in [0.2, 0.25) is 16.0 Å². The van der Waals surface area contributed by atoms with Gasteiger partial charge in [0, 0.05) is 27.3 Å². The Kier molecular flexibility index (Phi) is 4.31. The van der Waals surface area contributed by atoms with Crippen molar-refractivity contribution >= 4 is 53.6 Å². The van der Waals surface area contributed by atoms with Crippen LogP contribution in [0, 0.1) is 0 Å². The summed E-state index contributed by atoms with van der Waals surface area (Å²) in [5, 5.41) is 4.86. The first kappa shape index (κ1) is 27.0. The molecule has 1 spiro atoms. The van der Waals surface area contributed by atoms with Crippen LogP contribution in [-0.4, -0.2) is 22.2 Å². The van der Waals surface area contributed by atoms with Crippen LogP contribution in [0.4, 0.5) is 0 Å². The fourth-order valence-electron chi connectivity index (χ4n) is 10.4. The molecule has 10 aromatic rings. The maximum atomic E-state index is 13.8. The number of pyridine rings is 1. The van der Waals surface area contributed by atoms with E-state index in [4.69, 9.17) is 0 Å². The minimum atomic E-state index is -3.63. The van der Waals surface area contributed by atoms with E-state index in [-0.39, 0.29) is 0 Å². The molecule has 0 radical (unpaired) electrons. The van der Waals surface area contributed by atoms with Crippen LogP contribution in [0.3, 0.4) is 0 Å². The molecule has 4 aliphatic rings. The van der Waals surface area contributed by atoms with Gasteiger partial charge in [-0.2, -0.15) is 9.13 Å². The van der Waals surface area contributed by atoms with Gasteiger partial charge in [0.05, 0.1) is 49.9 Å². The smallest absolute Gasteiger partial charge is 0.307 e. The van der Waals surface area contributed by atoms with Crippen molar-refractivity contribution in [2.24, 2.45) is 0 Å². The van der Waals surface area contributed by atoms with Gasteiger partial charge >= 0.3 is 11.3 Å². The minimum absolute atomic E-state index is 0.365. The zero-order valence-electron chi connectivity index (χ0n) is 27.9.